The number of nitrogens with one attached hydrogen (secondary N) is 2. The Labute approximate surface area is 188 Å². The molecule has 1 aliphatic rings. The zero-order valence-corrected chi connectivity index (χ0v) is 17.7. The van der Waals surface area contributed by atoms with Crippen molar-refractivity contribution >= 4 is 41.5 Å². The second-order valence-corrected chi connectivity index (χ2v) is 7.53. The largest absolute Gasteiger partial charge is 0.481 e. The fourth-order valence-electron chi connectivity index (χ4n) is 3.29. The van der Waals surface area contributed by atoms with Crippen LogP contribution in [0.5, 0.6) is 0 Å². The van der Waals surface area contributed by atoms with E-state index in [9.17, 15) is 38.7 Å². The molecule has 0 aliphatic carbocycles. The summed E-state index contributed by atoms with van der Waals surface area (Å²) in [5.41, 5.74) is 15.7. The number of carboxylic acid groups (broad SMARTS) is 2. The van der Waals surface area contributed by atoms with Gasteiger partial charge in [-0.2, -0.15) is 0 Å². The van der Waals surface area contributed by atoms with Crippen molar-refractivity contribution in [1.29, 1.82) is 0 Å². The molecule has 0 saturated carbocycles. The summed E-state index contributed by atoms with van der Waals surface area (Å²) >= 11 is 0. The molecule has 0 aromatic heterocycles. The number of primary amides is 2. The lowest BCUT2D eigenvalue weighted by molar-refractivity contribution is -0.146. The predicted octanol–water partition coefficient (Wildman–Crippen LogP) is -4.03. The van der Waals surface area contributed by atoms with Crippen LogP contribution in [0.25, 0.3) is 0 Å². The van der Waals surface area contributed by atoms with Gasteiger partial charge in [-0.05, 0) is 19.3 Å². The van der Waals surface area contributed by atoms with Crippen molar-refractivity contribution in [3.63, 3.8) is 0 Å². The van der Waals surface area contributed by atoms with Gasteiger partial charge in [0.05, 0.1) is 18.9 Å². The molecule has 0 aromatic carbocycles. The molecule has 10 N–H and O–H groups in total. The number of amides is 5. The van der Waals surface area contributed by atoms with Crippen LogP contribution in [0, 0.1) is 0 Å². The van der Waals surface area contributed by atoms with Crippen LogP contribution in [0.4, 0.5) is 0 Å². The van der Waals surface area contributed by atoms with E-state index in [1.165, 1.54) is 0 Å². The van der Waals surface area contributed by atoms with Gasteiger partial charge in [-0.15, -0.1) is 0 Å². The SMILES string of the molecule is NC(=O)CC(N)C(=O)NC(CC(N)=O)C(=O)N1CCCC1C(=O)NC(CCC(=O)O)C(=O)O. The normalized spacial score (nSPS) is 18.0. The molecule has 33 heavy (non-hydrogen) atoms. The van der Waals surface area contributed by atoms with Crippen molar-refractivity contribution in [2.45, 2.75) is 62.7 Å². The Morgan fingerprint density at radius 3 is 2.06 bits per heavy atom. The first-order valence-corrected chi connectivity index (χ1v) is 10.0. The summed E-state index contributed by atoms with van der Waals surface area (Å²) in [6.07, 6.45) is -1.45. The molecule has 15 heteroatoms. The number of aliphatic carboxylic acids is 2. The summed E-state index contributed by atoms with van der Waals surface area (Å²) in [5.74, 6) is -7.07. The Balaban J connectivity index is 2.95. The zero-order valence-electron chi connectivity index (χ0n) is 17.7. The van der Waals surface area contributed by atoms with E-state index in [-0.39, 0.29) is 19.4 Å². The van der Waals surface area contributed by atoms with Gasteiger partial charge < -0.3 is 42.9 Å². The number of hydrogen-bond acceptors (Lipinski definition) is 8. The van der Waals surface area contributed by atoms with Crippen LogP contribution in [0.3, 0.4) is 0 Å². The molecule has 0 spiro atoms. The van der Waals surface area contributed by atoms with Crippen LogP contribution in [-0.4, -0.2) is 87.3 Å². The molecule has 1 aliphatic heterocycles. The van der Waals surface area contributed by atoms with E-state index in [1.54, 1.807) is 0 Å². The zero-order chi connectivity index (χ0) is 25.3. The predicted molar refractivity (Wildman–Crippen MR) is 109 cm³/mol. The molecule has 0 aromatic rings. The molecule has 4 unspecified atom stereocenters. The van der Waals surface area contributed by atoms with Gasteiger partial charge in [-0.25, -0.2) is 4.79 Å². The molecule has 184 valence electrons. The Kier molecular flexibility index (Phi) is 10.2. The highest BCUT2D eigenvalue weighted by Gasteiger charge is 2.39. The Morgan fingerprint density at radius 2 is 1.55 bits per heavy atom. The highest BCUT2D eigenvalue weighted by Crippen LogP contribution is 2.20. The molecule has 5 amide bonds. The molecule has 1 rings (SSSR count). The van der Waals surface area contributed by atoms with Gasteiger partial charge in [0.1, 0.15) is 18.1 Å². The number of carbonyl (C=O) groups excluding carboxylic acids is 5. The van der Waals surface area contributed by atoms with E-state index in [0.717, 1.165) is 4.90 Å². The first-order valence-electron chi connectivity index (χ1n) is 10.0. The highest BCUT2D eigenvalue weighted by molar-refractivity contribution is 5.97. The second kappa shape index (κ2) is 12.3. The summed E-state index contributed by atoms with van der Waals surface area (Å²) in [7, 11) is 0. The minimum Gasteiger partial charge on any atom is -0.481 e. The van der Waals surface area contributed by atoms with Crippen LogP contribution in [0.2, 0.25) is 0 Å². The van der Waals surface area contributed by atoms with Gasteiger partial charge in [0.15, 0.2) is 0 Å². The van der Waals surface area contributed by atoms with Gasteiger partial charge >= 0.3 is 11.9 Å². The second-order valence-electron chi connectivity index (χ2n) is 7.53. The van der Waals surface area contributed by atoms with Gasteiger partial charge in [0.2, 0.25) is 29.5 Å². The molecule has 0 radical (unpaired) electrons. The minimum atomic E-state index is -1.49. The minimum absolute atomic E-state index is 0.0717. The standard InChI is InChI=1S/C18H28N6O9/c19-8(6-12(20)25)15(29)23-10(7-13(21)26)17(31)24-5-1-2-11(24)16(30)22-9(18(32)33)3-4-14(27)28/h8-11H,1-7,19H2,(H2,20,25)(H2,21,26)(H,22,30)(H,23,29)(H,27,28)(H,32,33). The smallest absolute Gasteiger partial charge is 0.326 e. The van der Waals surface area contributed by atoms with Gasteiger partial charge in [0.25, 0.3) is 0 Å². The average Bonchev–Trinajstić information content (AvgIpc) is 3.18. The molecular formula is C18H28N6O9. The fraction of sp³-hybridized carbons (Fsp3) is 0.611. The molecular weight excluding hydrogens is 444 g/mol. The van der Waals surface area contributed by atoms with Crippen LogP contribution < -0.4 is 27.8 Å². The third-order valence-electron chi connectivity index (χ3n) is 4.88. The maximum atomic E-state index is 13.0. The van der Waals surface area contributed by atoms with Crippen LogP contribution >= 0.6 is 0 Å². The van der Waals surface area contributed by atoms with E-state index in [4.69, 9.17) is 22.3 Å². The van der Waals surface area contributed by atoms with E-state index in [2.05, 4.69) is 10.6 Å². The first-order chi connectivity index (χ1) is 15.3. The molecule has 1 heterocycles. The molecule has 1 saturated heterocycles. The fourth-order valence-corrected chi connectivity index (χ4v) is 3.29. The van der Waals surface area contributed by atoms with Crippen LogP contribution in [0.1, 0.15) is 38.5 Å². The number of carbonyl (C=O) groups is 7. The Bertz CT molecular complexity index is 817. The number of carboxylic acids is 2. The van der Waals surface area contributed by atoms with E-state index >= 15 is 0 Å². The Morgan fingerprint density at radius 1 is 0.939 bits per heavy atom. The van der Waals surface area contributed by atoms with Crippen molar-refractivity contribution in [2.75, 3.05) is 6.54 Å². The monoisotopic (exact) mass is 472 g/mol. The molecule has 1 fully saturated rings. The van der Waals surface area contributed by atoms with Crippen molar-refractivity contribution in [3.05, 3.63) is 0 Å². The molecule has 4 atom stereocenters. The molecule has 15 nitrogen and oxygen atoms in total. The lowest BCUT2D eigenvalue weighted by Crippen LogP contribution is -2.57. The van der Waals surface area contributed by atoms with Crippen molar-refractivity contribution in [2.24, 2.45) is 17.2 Å². The topological polar surface area (TPSA) is 265 Å². The third-order valence-corrected chi connectivity index (χ3v) is 4.88. The van der Waals surface area contributed by atoms with Crippen molar-refractivity contribution in [3.8, 4) is 0 Å². The Hall–Kier alpha value is -3.75. The number of likely N-dealkylation sites (tertiary alicyclic amines) is 1. The number of hydrogen-bond donors (Lipinski definition) is 7. The first kappa shape index (κ1) is 27.3. The van der Waals surface area contributed by atoms with Gasteiger partial charge in [-0.1, -0.05) is 0 Å². The number of rotatable bonds is 13. The average molecular weight is 472 g/mol. The number of nitrogens with two attached hydrogens (primary N) is 3. The maximum Gasteiger partial charge on any atom is 0.326 e. The highest BCUT2D eigenvalue weighted by atomic mass is 16.4. The van der Waals surface area contributed by atoms with Gasteiger partial charge in [-0.3, -0.25) is 28.8 Å². The van der Waals surface area contributed by atoms with E-state index in [0.29, 0.717) is 6.42 Å². The lowest BCUT2D eigenvalue weighted by Gasteiger charge is -2.29. The molecule has 0 bridgehead atoms. The summed E-state index contributed by atoms with van der Waals surface area (Å²) in [5, 5.41) is 22.4. The maximum absolute atomic E-state index is 13.0. The third kappa shape index (κ3) is 8.72. The van der Waals surface area contributed by atoms with E-state index in [1.807, 2.05) is 0 Å². The van der Waals surface area contributed by atoms with Crippen LogP contribution in [0.15, 0.2) is 0 Å². The van der Waals surface area contributed by atoms with Crippen molar-refractivity contribution in [1.82, 2.24) is 15.5 Å². The summed E-state index contributed by atoms with van der Waals surface area (Å²) in [4.78, 5) is 83.3. The van der Waals surface area contributed by atoms with Crippen LogP contribution in [-0.2, 0) is 33.6 Å². The summed E-state index contributed by atoms with van der Waals surface area (Å²) < 4.78 is 0. The van der Waals surface area contributed by atoms with Crippen molar-refractivity contribution < 1.29 is 43.8 Å². The summed E-state index contributed by atoms with van der Waals surface area (Å²) in [6, 6.07) is -5.46. The summed E-state index contributed by atoms with van der Waals surface area (Å²) in [6.45, 7) is 0.0717. The lowest BCUT2D eigenvalue weighted by atomic mass is 10.1. The van der Waals surface area contributed by atoms with Gasteiger partial charge in [0, 0.05) is 13.0 Å². The quantitative estimate of drug-likeness (QED) is 0.136. The number of nitrogens with zero attached hydrogens (tertiary/aromatic N) is 1. The van der Waals surface area contributed by atoms with E-state index < -0.39 is 84.9 Å².